The third kappa shape index (κ3) is 5.23. The molecule has 0 bridgehead atoms. The Labute approximate surface area is 172 Å². The fraction of sp³-hybridized carbons (Fsp3) is 0.500. The van der Waals surface area contributed by atoms with Crippen LogP contribution in [0.2, 0.25) is 0 Å². The number of aromatic nitrogens is 2. The molecule has 0 unspecified atom stereocenters. The van der Waals surface area contributed by atoms with Crippen molar-refractivity contribution in [1.82, 2.24) is 15.3 Å². The maximum atomic E-state index is 11.5. The number of hydrogen-bond donors (Lipinski definition) is 3. The molecular formula is C22H30N6O. The summed E-state index contributed by atoms with van der Waals surface area (Å²) in [4.78, 5) is 23.2. The highest BCUT2D eigenvalue weighted by atomic mass is 16.1. The number of nitrogens with one attached hydrogen (secondary N) is 2. The standard InChI is InChI=1S/C22H30N6O/c23-20(29)13-16-12-19(27-22(14-16)28-10-8-24-9-11-28)17-6-7-25-21(15-17)26-18-4-2-1-3-5-18/h6-7,12,14-15,18,24H,1-5,8-11,13H2,(H2,23,29)(H,25,26). The predicted molar refractivity (Wildman–Crippen MR) is 116 cm³/mol. The van der Waals surface area contributed by atoms with Crippen LogP contribution in [0.25, 0.3) is 11.3 Å². The van der Waals surface area contributed by atoms with Gasteiger partial charge in [0.05, 0.1) is 12.1 Å². The fourth-order valence-corrected chi connectivity index (χ4v) is 4.20. The maximum Gasteiger partial charge on any atom is 0.221 e. The van der Waals surface area contributed by atoms with Gasteiger partial charge in [0.1, 0.15) is 11.6 Å². The molecule has 0 radical (unpaired) electrons. The number of pyridine rings is 2. The lowest BCUT2D eigenvalue weighted by Gasteiger charge is -2.29. The Morgan fingerprint density at radius 2 is 1.97 bits per heavy atom. The Balaban J connectivity index is 1.62. The lowest BCUT2D eigenvalue weighted by atomic mass is 9.95. The first kappa shape index (κ1) is 19.6. The van der Waals surface area contributed by atoms with Gasteiger partial charge in [-0.25, -0.2) is 9.97 Å². The van der Waals surface area contributed by atoms with E-state index in [9.17, 15) is 4.79 Å². The van der Waals surface area contributed by atoms with Crippen LogP contribution in [0.3, 0.4) is 0 Å². The molecule has 0 spiro atoms. The first-order valence-corrected chi connectivity index (χ1v) is 10.7. The number of nitrogens with two attached hydrogens (primary N) is 1. The van der Waals surface area contributed by atoms with Crippen molar-refractivity contribution >= 4 is 17.5 Å². The summed E-state index contributed by atoms with van der Waals surface area (Å²) in [5, 5.41) is 6.95. The first-order valence-electron chi connectivity index (χ1n) is 10.7. The van der Waals surface area contributed by atoms with E-state index in [1.54, 1.807) is 0 Å². The number of piperazine rings is 1. The van der Waals surface area contributed by atoms with E-state index in [1.165, 1.54) is 32.1 Å². The zero-order chi connectivity index (χ0) is 20.1. The molecular weight excluding hydrogens is 364 g/mol. The molecule has 7 heteroatoms. The summed E-state index contributed by atoms with van der Waals surface area (Å²) in [6.45, 7) is 3.66. The van der Waals surface area contributed by atoms with Crippen LogP contribution < -0.4 is 21.3 Å². The molecule has 2 aromatic rings. The molecule has 1 aliphatic heterocycles. The number of hydrogen-bond acceptors (Lipinski definition) is 6. The van der Waals surface area contributed by atoms with Gasteiger partial charge in [0.25, 0.3) is 0 Å². The van der Waals surface area contributed by atoms with Gasteiger partial charge < -0.3 is 21.3 Å². The van der Waals surface area contributed by atoms with E-state index in [0.717, 1.165) is 54.6 Å². The van der Waals surface area contributed by atoms with Gasteiger partial charge in [-0.05, 0) is 42.7 Å². The van der Waals surface area contributed by atoms with Gasteiger partial charge in [-0.15, -0.1) is 0 Å². The van der Waals surface area contributed by atoms with E-state index in [4.69, 9.17) is 10.7 Å². The largest absolute Gasteiger partial charge is 0.369 e. The van der Waals surface area contributed by atoms with Crippen molar-refractivity contribution in [3.8, 4) is 11.3 Å². The Morgan fingerprint density at radius 3 is 2.72 bits per heavy atom. The zero-order valence-corrected chi connectivity index (χ0v) is 16.9. The van der Waals surface area contributed by atoms with E-state index >= 15 is 0 Å². The van der Waals surface area contributed by atoms with E-state index < -0.39 is 0 Å². The second-order valence-electron chi connectivity index (χ2n) is 8.01. The lowest BCUT2D eigenvalue weighted by molar-refractivity contribution is -0.117. The molecule has 4 rings (SSSR count). The molecule has 2 aliphatic rings. The summed E-state index contributed by atoms with van der Waals surface area (Å²) in [6.07, 6.45) is 8.33. The van der Waals surface area contributed by atoms with Crippen molar-refractivity contribution in [3.05, 3.63) is 36.0 Å². The highest BCUT2D eigenvalue weighted by Gasteiger charge is 2.17. The van der Waals surface area contributed by atoms with Crippen LogP contribution in [0.5, 0.6) is 0 Å². The molecule has 154 valence electrons. The van der Waals surface area contributed by atoms with E-state index in [0.29, 0.717) is 6.04 Å². The fourth-order valence-electron chi connectivity index (χ4n) is 4.20. The van der Waals surface area contributed by atoms with Crippen molar-refractivity contribution in [1.29, 1.82) is 0 Å². The molecule has 29 heavy (non-hydrogen) atoms. The normalized spacial score (nSPS) is 17.9. The Kier molecular flexibility index (Phi) is 6.24. The van der Waals surface area contributed by atoms with Crippen molar-refractivity contribution in [2.24, 2.45) is 5.73 Å². The Hall–Kier alpha value is -2.67. The minimum atomic E-state index is -0.331. The molecule has 7 nitrogen and oxygen atoms in total. The molecule has 1 aliphatic carbocycles. The number of carbonyl (C=O) groups excluding carboxylic acids is 1. The average molecular weight is 395 g/mol. The van der Waals surface area contributed by atoms with Crippen LogP contribution in [-0.4, -0.2) is 48.1 Å². The van der Waals surface area contributed by atoms with Gasteiger partial charge in [-0.3, -0.25) is 4.79 Å². The number of rotatable bonds is 6. The quantitative estimate of drug-likeness (QED) is 0.696. The summed E-state index contributed by atoms with van der Waals surface area (Å²) in [5.41, 5.74) is 8.22. The predicted octanol–water partition coefficient (Wildman–Crippen LogP) is 2.33. The Bertz CT molecular complexity index is 843. The van der Waals surface area contributed by atoms with Crippen LogP contribution >= 0.6 is 0 Å². The van der Waals surface area contributed by atoms with Gasteiger partial charge in [-0.2, -0.15) is 0 Å². The maximum absolute atomic E-state index is 11.5. The topological polar surface area (TPSA) is 96.2 Å². The van der Waals surface area contributed by atoms with Crippen LogP contribution in [0.1, 0.15) is 37.7 Å². The van der Waals surface area contributed by atoms with E-state index in [-0.39, 0.29) is 12.3 Å². The van der Waals surface area contributed by atoms with E-state index in [2.05, 4.69) is 26.6 Å². The highest BCUT2D eigenvalue weighted by molar-refractivity contribution is 5.78. The second-order valence-corrected chi connectivity index (χ2v) is 8.01. The summed E-state index contributed by atoms with van der Waals surface area (Å²) < 4.78 is 0. The number of anilines is 2. The van der Waals surface area contributed by atoms with Crippen molar-refractivity contribution in [2.45, 2.75) is 44.6 Å². The average Bonchev–Trinajstić information content (AvgIpc) is 2.75. The molecule has 3 heterocycles. The summed E-state index contributed by atoms with van der Waals surface area (Å²) in [5.74, 6) is 1.46. The van der Waals surface area contributed by atoms with E-state index in [1.807, 2.05) is 24.4 Å². The minimum Gasteiger partial charge on any atom is -0.369 e. The molecule has 0 aromatic carbocycles. The van der Waals surface area contributed by atoms with Gasteiger partial charge in [-0.1, -0.05) is 19.3 Å². The van der Waals surface area contributed by atoms with Crippen LogP contribution in [0, 0.1) is 0 Å². The zero-order valence-electron chi connectivity index (χ0n) is 16.9. The molecule has 2 fully saturated rings. The van der Waals surface area contributed by atoms with Gasteiger partial charge in [0.15, 0.2) is 0 Å². The van der Waals surface area contributed by atoms with Crippen molar-refractivity contribution in [2.75, 3.05) is 36.4 Å². The third-order valence-corrected chi connectivity index (χ3v) is 5.70. The summed E-state index contributed by atoms with van der Waals surface area (Å²) >= 11 is 0. The monoisotopic (exact) mass is 394 g/mol. The first-order chi connectivity index (χ1) is 14.2. The summed E-state index contributed by atoms with van der Waals surface area (Å²) in [6, 6.07) is 8.49. The molecule has 4 N–H and O–H groups in total. The number of primary amides is 1. The highest BCUT2D eigenvalue weighted by Crippen LogP contribution is 2.27. The third-order valence-electron chi connectivity index (χ3n) is 5.70. The number of carbonyl (C=O) groups is 1. The molecule has 1 amide bonds. The Morgan fingerprint density at radius 1 is 1.17 bits per heavy atom. The molecule has 2 aromatic heterocycles. The van der Waals surface area contributed by atoms with Gasteiger partial charge in [0.2, 0.25) is 5.91 Å². The summed E-state index contributed by atoms with van der Waals surface area (Å²) in [7, 11) is 0. The lowest BCUT2D eigenvalue weighted by Crippen LogP contribution is -2.44. The second kappa shape index (κ2) is 9.22. The SMILES string of the molecule is NC(=O)Cc1cc(-c2ccnc(NC3CCCCC3)c2)nc(N2CCNCC2)c1. The van der Waals surface area contributed by atoms with Crippen molar-refractivity contribution in [3.63, 3.8) is 0 Å². The van der Waals surface area contributed by atoms with Crippen LogP contribution in [0.15, 0.2) is 30.5 Å². The minimum absolute atomic E-state index is 0.215. The number of nitrogens with zero attached hydrogens (tertiary/aromatic N) is 3. The van der Waals surface area contributed by atoms with Crippen LogP contribution in [0.4, 0.5) is 11.6 Å². The van der Waals surface area contributed by atoms with Crippen LogP contribution in [-0.2, 0) is 11.2 Å². The molecule has 1 saturated heterocycles. The number of amides is 1. The molecule has 0 atom stereocenters. The van der Waals surface area contributed by atoms with Gasteiger partial charge >= 0.3 is 0 Å². The van der Waals surface area contributed by atoms with Gasteiger partial charge in [0, 0.05) is 44.0 Å². The van der Waals surface area contributed by atoms with Crippen molar-refractivity contribution < 1.29 is 4.79 Å². The molecule has 1 saturated carbocycles. The smallest absolute Gasteiger partial charge is 0.221 e.